The molecule has 1 amide bonds. The molecule has 0 unspecified atom stereocenters. The Morgan fingerprint density at radius 3 is 2.96 bits per heavy atom. The summed E-state index contributed by atoms with van der Waals surface area (Å²) >= 11 is 0. The molecule has 2 aromatic rings. The third-order valence-electron chi connectivity index (χ3n) is 5.31. The second kappa shape index (κ2) is 7.09. The van der Waals surface area contributed by atoms with Crippen LogP contribution in [-0.2, 0) is 4.74 Å². The molecule has 25 heavy (non-hydrogen) atoms. The van der Waals surface area contributed by atoms with Gasteiger partial charge >= 0.3 is 0 Å². The van der Waals surface area contributed by atoms with Crippen molar-refractivity contribution >= 4 is 11.6 Å². The first kappa shape index (κ1) is 16.5. The van der Waals surface area contributed by atoms with Gasteiger partial charge in [-0.1, -0.05) is 0 Å². The smallest absolute Gasteiger partial charge is 0.254 e. The van der Waals surface area contributed by atoms with E-state index in [1.165, 1.54) is 12.8 Å². The summed E-state index contributed by atoms with van der Waals surface area (Å²) in [5.41, 5.74) is 2.18. The Morgan fingerprint density at radius 1 is 1.36 bits per heavy atom. The van der Waals surface area contributed by atoms with Gasteiger partial charge in [0.05, 0.1) is 23.6 Å². The number of rotatable bonds is 4. The van der Waals surface area contributed by atoms with Gasteiger partial charge in [0, 0.05) is 44.5 Å². The van der Waals surface area contributed by atoms with Crippen molar-refractivity contribution in [2.45, 2.75) is 44.8 Å². The van der Waals surface area contributed by atoms with Crippen molar-refractivity contribution in [3.05, 3.63) is 29.7 Å². The van der Waals surface area contributed by atoms with Crippen LogP contribution >= 0.6 is 0 Å². The number of nitrogens with zero attached hydrogens (tertiary/aromatic N) is 4. The van der Waals surface area contributed by atoms with E-state index in [-0.39, 0.29) is 11.9 Å². The Balaban J connectivity index is 1.33. The van der Waals surface area contributed by atoms with E-state index < -0.39 is 0 Å². The number of nitrogens with one attached hydrogen (secondary N) is 1. The molecule has 2 aliphatic rings. The van der Waals surface area contributed by atoms with Crippen LogP contribution in [0, 0.1) is 6.92 Å². The number of piperidine rings is 1. The van der Waals surface area contributed by atoms with Gasteiger partial charge in [0.25, 0.3) is 5.91 Å². The van der Waals surface area contributed by atoms with Gasteiger partial charge in [0.15, 0.2) is 5.65 Å². The summed E-state index contributed by atoms with van der Waals surface area (Å²) < 4.78 is 7.43. The minimum Gasteiger partial charge on any atom is -0.377 e. The minimum atomic E-state index is -0.0556. The number of ether oxygens (including phenoxy) is 1. The average Bonchev–Trinajstić information content (AvgIpc) is 3.28. The van der Waals surface area contributed by atoms with Crippen molar-refractivity contribution in [3.63, 3.8) is 0 Å². The Hall–Kier alpha value is -1.99. The van der Waals surface area contributed by atoms with Crippen LogP contribution in [0.1, 0.15) is 41.7 Å². The van der Waals surface area contributed by atoms with Crippen molar-refractivity contribution in [2.24, 2.45) is 0 Å². The quantitative estimate of drug-likeness (QED) is 0.909. The Bertz CT molecular complexity index is 745. The Labute approximate surface area is 147 Å². The number of hydrogen-bond donors (Lipinski definition) is 1. The fraction of sp³-hybridized carbons (Fsp3) is 0.611. The van der Waals surface area contributed by atoms with Crippen LogP contribution in [0.25, 0.3) is 5.65 Å². The predicted octanol–water partition coefficient (Wildman–Crippen LogP) is 1.41. The van der Waals surface area contributed by atoms with E-state index in [2.05, 4.69) is 20.3 Å². The summed E-state index contributed by atoms with van der Waals surface area (Å²) in [6.07, 6.45) is 8.07. The lowest BCUT2D eigenvalue weighted by Gasteiger charge is -2.33. The van der Waals surface area contributed by atoms with Crippen molar-refractivity contribution in [2.75, 3.05) is 26.2 Å². The number of fused-ring (bicyclic) bond motifs is 1. The summed E-state index contributed by atoms with van der Waals surface area (Å²) in [6.45, 7) is 5.87. The van der Waals surface area contributed by atoms with E-state index in [1.807, 2.05) is 13.0 Å². The summed E-state index contributed by atoms with van der Waals surface area (Å²) in [4.78, 5) is 19.4. The third kappa shape index (κ3) is 3.52. The molecule has 134 valence electrons. The maximum absolute atomic E-state index is 12.6. The fourth-order valence-corrected chi connectivity index (χ4v) is 3.81. The van der Waals surface area contributed by atoms with Crippen LogP contribution in [0.5, 0.6) is 0 Å². The molecule has 2 aliphatic heterocycles. The monoisotopic (exact) mass is 343 g/mol. The molecule has 2 fully saturated rings. The van der Waals surface area contributed by atoms with Crippen molar-refractivity contribution in [1.29, 1.82) is 0 Å². The number of amides is 1. The summed E-state index contributed by atoms with van der Waals surface area (Å²) in [5, 5.41) is 7.39. The molecule has 0 saturated carbocycles. The zero-order valence-electron chi connectivity index (χ0n) is 14.6. The van der Waals surface area contributed by atoms with E-state index in [4.69, 9.17) is 4.74 Å². The molecular weight excluding hydrogens is 318 g/mol. The van der Waals surface area contributed by atoms with Crippen LogP contribution in [0.2, 0.25) is 0 Å². The third-order valence-corrected chi connectivity index (χ3v) is 5.31. The van der Waals surface area contributed by atoms with Gasteiger partial charge in [0.2, 0.25) is 0 Å². The first-order valence-electron chi connectivity index (χ1n) is 9.15. The van der Waals surface area contributed by atoms with Gasteiger partial charge < -0.3 is 15.0 Å². The highest BCUT2D eigenvalue weighted by molar-refractivity contribution is 5.95. The molecule has 1 atom stereocenters. The van der Waals surface area contributed by atoms with Gasteiger partial charge in [-0.05, 0) is 32.6 Å². The van der Waals surface area contributed by atoms with Crippen molar-refractivity contribution < 1.29 is 9.53 Å². The highest BCUT2D eigenvalue weighted by atomic mass is 16.5. The average molecular weight is 343 g/mol. The van der Waals surface area contributed by atoms with Crippen LogP contribution < -0.4 is 5.32 Å². The predicted molar refractivity (Wildman–Crippen MR) is 93.6 cm³/mol. The summed E-state index contributed by atoms with van der Waals surface area (Å²) in [7, 11) is 0. The van der Waals surface area contributed by atoms with Crippen LogP contribution in [0.4, 0.5) is 0 Å². The van der Waals surface area contributed by atoms with Crippen molar-refractivity contribution in [3.8, 4) is 0 Å². The number of carbonyl (C=O) groups is 1. The lowest BCUT2D eigenvalue weighted by molar-refractivity contribution is 0.0612. The molecule has 0 aromatic carbocycles. The Morgan fingerprint density at radius 2 is 2.20 bits per heavy atom. The van der Waals surface area contributed by atoms with E-state index in [9.17, 15) is 4.79 Å². The summed E-state index contributed by atoms with van der Waals surface area (Å²) in [5.74, 6) is -0.0556. The van der Waals surface area contributed by atoms with Crippen LogP contribution in [0.3, 0.4) is 0 Å². The van der Waals surface area contributed by atoms with Crippen molar-refractivity contribution in [1.82, 2.24) is 24.8 Å². The highest BCUT2D eigenvalue weighted by Crippen LogP contribution is 2.17. The number of carbonyl (C=O) groups excluding carboxylic acids is 1. The molecule has 0 aliphatic carbocycles. The van der Waals surface area contributed by atoms with E-state index in [0.717, 1.165) is 50.4 Å². The molecule has 7 nitrogen and oxygen atoms in total. The van der Waals surface area contributed by atoms with Crippen LogP contribution in [0.15, 0.2) is 18.5 Å². The number of aromatic nitrogens is 3. The van der Waals surface area contributed by atoms with E-state index >= 15 is 0 Å². The van der Waals surface area contributed by atoms with Gasteiger partial charge in [-0.25, -0.2) is 9.50 Å². The summed E-state index contributed by atoms with van der Waals surface area (Å²) in [6, 6.07) is 2.05. The molecule has 7 heteroatoms. The molecule has 0 radical (unpaired) electrons. The standard InChI is InChI=1S/C18H25N5O2/c1-13-16(11-19-17-4-7-20-23(13)17)18(24)21-14-5-8-22(9-6-14)12-15-3-2-10-25-15/h4,7,11,14-15H,2-3,5-6,8-10,12H2,1H3,(H,21,24)/t15-/m0/s1. The fourth-order valence-electron chi connectivity index (χ4n) is 3.81. The molecule has 4 heterocycles. The minimum absolute atomic E-state index is 0.0556. The normalized spacial score (nSPS) is 22.5. The number of aryl methyl sites for hydroxylation is 1. The van der Waals surface area contributed by atoms with E-state index in [0.29, 0.717) is 11.7 Å². The Kier molecular flexibility index (Phi) is 4.67. The molecule has 1 N–H and O–H groups in total. The first-order valence-corrected chi connectivity index (χ1v) is 9.15. The molecule has 2 saturated heterocycles. The maximum Gasteiger partial charge on any atom is 0.254 e. The van der Waals surface area contributed by atoms with Gasteiger partial charge in [-0.15, -0.1) is 0 Å². The SMILES string of the molecule is Cc1c(C(=O)NC2CCN(C[C@@H]3CCCO3)CC2)cnc2ccnn12. The molecule has 2 aromatic heterocycles. The zero-order valence-corrected chi connectivity index (χ0v) is 14.6. The largest absolute Gasteiger partial charge is 0.377 e. The highest BCUT2D eigenvalue weighted by Gasteiger charge is 2.25. The topological polar surface area (TPSA) is 71.8 Å². The molecule has 4 rings (SSSR count). The lowest BCUT2D eigenvalue weighted by atomic mass is 10.0. The molecular formula is C18H25N5O2. The van der Waals surface area contributed by atoms with Crippen LogP contribution in [-0.4, -0.2) is 63.8 Å². The lowest BCUT2D eigenvalue weighted by Crippen LogP contribution is -2.46. The van der Waals surface area contributed by atoms with E-state index in [1.54, 1.807) is 16.9 Å². The molecule has 0 spiro atoms. The van der Waals surface area contributed by atoms with Gasteiger partial charge in [-0.3, -0.25) is 4.79 Å². The maximum atomic E-state index is 12.6. The zero-order chi connectivity index (χ0) is 17.2. The number of hydrogen-bond acceptors (Lipinski definition) is 5. The number of likely N-dealkylation sites (tertiary alicyclic amines) is 1. The van der Waals surface area contributed by atoms with Gasteiger partial charge in [0.1, 0.15) is 0 Å². The second-order valence-corrected chi connectivity index (χ2v) is 7.04. The second-order valence-electron chi connectivity index (χ2n) is 7.04. The molecule has 0 bridgehead atoms. The first-order chi connectivity index (χ1) is 12.2. The van der Waals surface area contributed by atoms with Gasteiger partial charge in [-0.2, -0.15) is 5.10 Å².